The second kappa shape index (κ2) is 3.74. The summed E-state index contributed by atoms with van der Waals surface area (Å²) >= 11 is 0. The summed E-state index contributed by atoms with van der Waals surface area (Å²) in [7, 11) is 0. The molecule has 14 heavy (non-hydrogen) atoms. The molecule has 0 saturated carbocycles. The summed E-state index contributed by atoms with van der Waals surface area (Å²) in [6.07, 6.45) is 3.78. The molecule has 0 unspecified atom stereocenters. The third-order valence-electron chi connectivity index (χ3n) is 2.53. The highest BCUT2D eigenvalue weighted by molar-refractivity contribution is 5.57. The van der Waals surface area contributed by atoms with Gasteiger partial charge in [0.2, 0.25) is 0 Å². The topological polar surface area (TPSA) is 68.2 Å². The van der Waals surface area contributed by atoms with E-state index in [1.54, 1.807) is 6.07 Å². The molecule has 1 fully saturated rings. The molecule has 0 atom stereocenters. The third kappa shape index (κ3) is 1.89. The Kier molecular flexibility index (Phi) is 2.43. The quantitative estimate of drug-likeness (QED) is 0.702. The maximum atomic E-state index is 5.72. The minimum Gasteiger partial charge on any atom is -0.399 e. The lowest BCUT2D eigenvalue weighted by atomic mass is 10.1. The lowest BCUT2D eigenvalue weighted by molar-refractivity contribution is 0.574. The zero-order valence-electron chi connectivity index (χ0n) is 8.24. The van der Waals surface area contributed by atoms with Gasteiger partial charge in [0, 0.05) is 30.9 Å². The first kappa shape index (κ1) is 9.12. The van der Waals surface area contributed by atoms with Crippen LogP contribution in [0.25, 0.3) is 0 Å². The van der Waals surface area contributed by atoms with Crippen LogP contribution in [0.4, 0.5) is 17.3 Å². The molecule has 1 aliphatic rings. The maximum Gasteiger partial charge on any atom is 0.133 e. The Morgan fingerprint density at radius 3 is 2.43 bits per heavy atom. The highest BCUT2D eigenvalue weighted by Gasteiger charge is 2.12. The summed E-state index contributed by atoms with van der Waals surface area (Å²) in [4.78, 5) is 6.53. The van der Waals surface area contributed by atoms with E-state index in [4.69, 9.17) is 11.5 Å². The van der Waals surface area contributed by atoms with E-state index in [0.29, 0.717) is 11.5 Å². The van der Waals surface area contributed by atoms with Gasteiger partial charge in [-0.05, 0) is 19.3 Å². The fraction of sp³-hybridized carbons (Fsp3) is 0.500. The van der Waals surface area contributed by atoms with Crippen molar-refractivity contribution in [3.8, 4) is 0 Å². The van der Waals surface area contributed by atoms with Crippen LogP contribution in [0.1, 0.15) is 19.3 Å². The summed E-state index contributed by atoms with van der Waals surface area (Å²) in [5.74, 6) is 1.42. The molecule has 76 valence electrons. The van der Waals surface area contributed by atoms with E-state index in [1.165, 1.54) is 19.3 Å². The number of pyridine rings is 1. The van der Waals surface area contributed by atoms with Crippen LogP contribution in [0.2, 0.25) is 0 Å². The van der Waals surface area contributed by atoms with Gasteiger partial charge < -0.3 is 16.4 Å². The van der Waals surface area contributed by atoms with Crippen LogP contribution in [0.15, 0.2) is 12.1 Å². The predicted molar refractivity (Wildman–Crippen MR) is 59.1 cm³/mol. The fourth-order valence-electron chi connectivity index (χ4n) is 1.84. The third-order valence-corrected chi connectivity index (χ3v) is 2.53. The first-order chi connectivity index (χ1) is 6.75. The molecule has 1 aliphatic heterocycles. The van der Waals surface area contributed by atoms with Crippen LogP contribution < -0.4 is 16.4 Å². The van der Waals surface area contributed by atoms with Gasteiger partial charge in [-0.3, -0.25) is 0 Å². The molecule has 1 aromatic heterocycles. The molecule has 4 nitrogen and oxygen atoms in total. The van der Waals surface area contributed by atoms with Gasteiger partial charge >= 0.3 is 0 Å². The molecule has 2 heterocycles. The Morgan fingerprint density at radius 2 is 1.79 bits per heavy atom. The minimum absolute atomic E-state index is 0.505. The summed E-state index contributed by atoms with van der Waals surface area (Å²) in [5, 5.41) is 0. The van der Waals surface area contributed by atoms with Gasteiger partial charge in [0.1, 0.15) is 11.6 Å². The van der Waals surface area contributed by atoms with Crippen LogP contribution in [0, 0.1) is 0 Å². The van der Waals surface area contributed by atoms with Crippen molar-refractivity contribution < 1.29 is 0 Å². The van der Waals surface area contributed by atoms with Gasteiger partial charge in [0.15, 0.2) is 0 Å². The minimum atomic E-state index is 0.505. The second-order valence-corrected chi connectivity index (χ2v) is 3.73. The van der Waals surface area contributed by atoms with E-state index in [1.807, 2.05) is 6.07 Å². The van der Waals surface area contributed by atoms with Gasteiger partial charge in [0.25, 0.3) is 0 Å². The summed E-state index contributed by atoms with van der Waals surface area (Å²) in [6, 6.07) is 3.58. The number of aromatic nitrogens is 1. The Morgan fingerprint density at radius 1 is 1.07 bits per heavy atom. The van der Waals surface area contributed by atoms with Gasteiger partial charge in [-0.25, -0.2) is 4.98 Å². The van der Waals surface area contributed by atoms with Crippen LogP contribution in [-0.4, -0.2) is 18.1 Å². The molecule has 0 radical (unpaired) electrons. The standard InChI is InChI=1S/C10H16N4/c11-8-6-9(12)13-10(7-8)14-4-2-1-3-5-14/h6-7H,1-5H2,(H4,11,12,13). The Bertz CT molecular complexity index is 298. The number of anilines is 3. The predicted octanol–water partition coefficient (Wildman–Crippen LogP) is 1.24. The van der Waals surface area contributed by atoms with Gasteiger partial charge in [-0.1, -0.05) is 0 Å². The van der Waals surface area contributed by atoms with Crippen LogP contribution >= 0.6 is 0 Å². The van der Waals surface area contributed by atoms with E-state index in [2.05, 4.69) is 9.88 Å². The number of hydrogen-bond acceptors (Lipinski definition) is 4. The van der Waals surface area contributed by atoms with Crippen LogP contribution in [0.3, 0.4) is 0 Å². The fourth-order valence-corrected chi connectivity index (χ4v) is 1.84. The SMILES string of the molecule is Nc1cc(N)nc(N2CCCCC2)c1. The lowest BCUT2D eigenvalue weighted by Crippen LogP contribution is -2.30. The van der Waals surface area contributed by atoms with Gasteiger partial charge in [0.05, 0.1) is 0 Å². The number of rotatable bonds is 1. The molecule has 0 aromatic carbocycles. The average Bonchev–Trinajstić information content (AvgIpc) is 2.18. The normalized spacial score (nSPS) is 17.0. The zero-order chi connectivity index (χ0) is 9.97. The zero-order valence-corrected chi connectivity index (χ0v) is 8.24. The number of nitrogens with two attached hydrogens (primary N) is 2. The molecular weight excluding hydrogens is 176 g/mol. The number of nitrogen functional groups attached to an aromatic ring is 2. The molecular formula is C10H16N4. The molecule has 2 rings (SSSR count). The van der Waals surface area contributed by atoms with E-state index in [-0.39, 0.29) is 0 Å². The van der Waals surface area contributed by atoms with Crippen molar-refractivity contribution >= 4 is 17.3 Å². The Balaban J connectivity index is 2.21. The van der Waals surface area contributed by atoms with E-state index >= 15 is 0 Å². The molecule has 0 spiro atoms. The van der Waals surface area contributed by atoms with Crippen molar-refractivity contribution in [1.82, 2.24) is 4.98 Å². The molecule has 4 N–H and O–H groups in total. The van der Waals surface area contributed by atoms with Crippen molar-refractivity contribution in [1.29, 1.82) is 0 Å². The molecule has 0 amide bonds. The largest absolute Gasteiger partial charge is 0.399 e. The summed E-state index contributed by atoms with van der Waals surface area (Å²) < 4.78 is 0. The number of hydrogen-bond donors (Lipinski definition) is 2. The van der Waals surface area contributed by atoms with Crippen LogP contribution in [0.5, 0.6) is 0 Å². The molecule has 1 aromatic rings. The molecule has 0 aliphatic carbocycles. The first-order valence-corrected chi connectivity index (χ1v) is 5.04. The second-order valence-electron chi connectivity index (χ2n) is 3.73. The smallest absolute Gasteiger partial charge is 0.133 e. The Labute approximate surface area is 83.9 Å². The summed E-state index contributed by atoms with van der Waals surface area (Å²) in [5.41, 5.74) is 12.1. The van der Waals surface area contributed by atoms with Crippen molar-refractivity contribution in [3.63, 3.8) is 0 Å². The Hall–Kier alpha value is -1.45. The number of nitrogens with zero attached hydrogens (tertiary/aromatic N) is 2. The molecule has 1 saturated heterocycles. The van der Waals surface area contributed by atoms with Crippen molar-refractivity contribution in [2.24, 2.45) is 0 Å². The lowest BCUT2D eigenvalue weighted by Gasteiger charge is -2.27. The van der Waals surface area contributed by atoms with Gasteiger partial charge in [-0.15, -0.1) is 0 Å². The molecule has 4 heteroatoms. The van der Waals surface area contributed by atoms with E-state index in [0.717, 1.165) is 18.9 Å². The maximum absolute atomic E-state index is 5.72. The van der Waals surface area contributed by atoms with Crippen molar-refractivity contribution in [3.05, 3.63) is 12.1 Å². The summed E-state index contributed by atoms with van der Waals surface area (Å²) in [6.45, 7) is 2.13. The average molecular weight is 192 g/mol. The number of piperidine rings is 1. The van der Waals surface area contributed by atoms with Crippen molar-refractivity contribution in [2.45, 2.75) is 19.3 Å². The highest BCUT2D eigenvalue weighted by Crippen LogP contribution is 2.21. The highest BCUT2D eigenvalue weighted by atomic mass is 15.2. The first-order valence-electron chi connectivity index (χ1n) is 5.04. The van der Waals surface area contributed by atoms with E-state index < -0.39 is 0 Å². The van der Waals surface area contributed by atoms with Gasteiger partial charge in [-0.2, -0.15) is 0 Å². The van der Waals surface area contributed by atoms with Crippen LogP contribution in [-0.2, 0) is 0 Å². The monoisotopic (exact) mass is 192 g/mol. The van der Waals surface area contributed by atoms with Crippen molar-refractivity contribution in [2.75, 3.05) is 29.5 Å². The van der Waals surface area contributed by atoms with E-state index in [9.17, 15) is 0 Å². The molecule has 0 bridgehead atoms.